The van der Waals surface area contributed by atoms with Crippen molar-refractivity contribution >= 4 is 35.7 Å². The zero-order valence-electron chi connectivity index (χ0n) is 36.7. The third-order valence-electron chi connectivity index (χ3n) is 10.7. The maximum Gasteiger partial charge on any atom is 0.303 e. The number of morpholine rings is 1. The highest BCUT2D eigenvalue weighted by Gasteiger charge is 2.69. The maximum absolute atomic E-state index is 14.9. The molecule has 7 rings (SSSR count). The number of hydrogen-bond donors (Lipinski definition) is 1. The number of amides is 2. The largest absolute Gasteiger partial charge is 0.497 e. The van der Waals surface area contributed by atoms with Crippen molar-refractivity contribution in [2.45, 2.75) is 121 Å². The van der Waals surface area contributed by atoms with Gasteiger partial charge in [-0.25, -0.2) is 0 Å². The third kappa shape index (κ3) is 12.0. The van der Waals surface area contributed by atoms with Gasteiger partial charge in [-0.1, -0.05) is 60.7 Å². The van der Waals surface area contributed by atoms with Gasteiger partial charge in [-0.3, -0.25) is 33.7 Å². The van der Waals surface area contributed by atoms with Crippen LogP contribution in [0.15, 0.2) is 84.9 Å². The van der Waals surface area contributed by atoms with E-state index in [1.54, 1.807) is 48.5 Å². The molecule has 4 fully saturated rings. The van der Waals surface area contributed by atoms with Crippen LogP contribution in [0.1, 0.15) is 52.2 Å². The minimum absolute atomic E-state index is 0.0990. The van der Waals surface area contributed by atoms with E-state index in [9.17, 15) is 33.9 Å². The van der Waals surface area contributed by atoms with Gasteiger partial charge >= 0.3 is 23.9 Å². The number of imide groups is 1. The van der Waals surface area contributed by atoms with Gasteiger partial charge in [0, 0.05) is 34.6 Å². The summed E-state index contributed by atoms with van der Waals surface area (Å²) < 4.78 is 66.8. The number of methoxy groups -OCH3 is 1. The summed E-state index contributed by atoms with van der Waals surface area (Å²) in [5.41, 5.74) is 1.51. The Balaban J connectivity index is 1.50. The highest BCUT2D eigenvalue weighted by Crippen LogP contribution is 2.47. The lowest BCUT2D eigenvalue weighted by Crippen LogP contribution is -2.79. The molecule has 0 aliphatic carbocycles. The SMILES string of the molecule is COc1ccc(O[C@@H]2O[C@H](COCc3ccccc3)[C@H](OC(C)=O)[C@H](O[C@]34C[C@H](OC(C)=O)[C@H]([C@H]([C@H](OC(C)=O)[C@H](O)COC(C)=O)O3)N(C(C)=O)C4=O)C2OCc2ccccc2)cc1. The Morgan fingerprint density at radius 1 is 0.769 bits per heavy atom. The predicted molar refractivity (Wildman–Crippen MR) is 221 cm³/mol. The van der Waals surface area contributed by atoms with Crippen molar-refractivity contribution in [3.05, 3.63) is 96.1 Å². The Morgan fingerprint density at radius 2 is 1.38 bits per heavy atom. The second kappa shape index (κ2) is 21.8. The summed E-state index contributed by atoms with van der Waals surface area (Å²) in [6, 6.07) is 23.3. The van der Waals surface area contributed by atoms with E-state index in [0.717, 1.165) is 45.1 Å². The summed E-state index contributed by atoms with van der Waals surface area (Å²) >= 11 is 0. The average molecular weight is 908 g/mol. The quantitative estimate of drug-likeness (QED) is 0.135. The van der Waals surface area contributed by atoms with E-state index in [1.165, 1.54) is 7.11 Å². The summed E-state index contributed by atoms with van der Waals surface area (Å²) in [6.45, 7) is 4.53. The van der Waals surface area contributed by atoms with Gasteiger partial charge in [0.1, 0.15) is 54.7 Å². The molecular weight excluding hydrogens is 854 g/mol. The Labute approximate surface area is 375 Å². The van der Waals surface area contributed by atoms with Gasteiger partial charge in [0.15, 0.2) is 18.3 Å². The number of fused-ring (bicyclic) bond motifs is 3. The van der Waals surface area contributed by atoms with E-state index in [0.29, 0.717) is 11.3 Å². The summed E-state index contributed by atoms with van der Waals surface area (Å²) in [5.74, 6) is -7.07. The summed E-state index contributed by atoms with van der Waals surface area (Å²) in [7, 11) is 1.51. The van der Waals surface area contributed by atoms with Crippen molar-refractivity contribution in [2.24, 2.45) is 0 Å². The first-order valence-corrected chi connectivity index (χ1v) is 20.9. The number of nitrogens with zero attached hydrogens (tertiary/aromatic N) is 1. The molecule has 0 saturated carbocycles. The second-order valence-electron chi connectivity index (χ2n) is 15.6. The molecule has 4 saturated heterocycles. The number of ether oxygens (including phenoxy) is 11. The van der Waals surface area contributed by atoms with Crippen LogP contribution in [0.3, 0.4) is 0 Å². The van der Waals surface area contributed by atoms with Crippen molar-refractivity contribution in [3.63, 3.8) is 0 Å². The Bertz CT molecular complexity index is 2120. The van der Waals surface area contributed by atoms with E-state index in [4.69, 9.17) is 52.1 Å². The summed E-state index contributed by atoms with van der Waals surface area (Å²) in [6.07, 6.45) is -14.3. The molecule has 3 aromatic rings. The number of aliphatic hydroxyl groups is 1. The fourth-order valence-electron chi connectivity index (χ4n) is 8.02. The molecule has 0 radical (unpaired) electrons. The highest BCUT2D eigenvalue weighted by molar-refractivity contribution is 6.00. The van der Waals surface area contributed by atoms with E-state index in [-0.39, 0.29) is 25.6 Å². The molecule has 11 atom stereocenters. The molecule has 2 amide bonds. The first kappa shape index (κ1) is 48.5. The number of esters is 4. The first-order chi connectivity index (χ1) is 31.1. The molecule has 19 nitrogen and oxygen atoms in total. The van der Waals surface area contributed by atoms with Crippen LogP contribution in [-0.4, -0.2) is 133 Å². The molecule has 65 heavy (non-hydrogen) atoms. The molecule has 350 valence electrons. The fourth-order valence-corrected chi connectivity index (χ4v) is 8.02. The Morgan fingerprint density at radius 3 is 1.95 bits per heavy atom. The van der Waals surface area contributed by atoms with Gasteiger partial charge in [-0.15, -0.1) is 0 Å². The third-order valence-corrected chi connectivity index (χ3v) is 10.7. The highest BCUT2D eigenvalue weighted by atomic mass is 16.8. The van der Waals surface area contributed by atoms with Crippen LogP contribution < -0.4 is 9.47 Å². The number of carbonyl (C=O) groups excluding carboxylic acids is 6. The predicted octanol–water partition coefficient (Wildman–Crippen LogP) is 2.95. The van der Waals surface area contributed by atoms with Gasteiger partial charge in [0.25, 0.3) is 11.7 Å². The van der Waals surface area contributed by atoms with Crippen LogP contribution in [0.2, 0.25) is 0 Å². The lowest BCUT2D eigenvalue weighted by atomic mass is 9.81. The minimum Gasteiger partial charge on any atom is -0.497 e. The van der Waals surface area contributed by atoms with Gasteiger partial charge in [-0.2, -0.15) is 0 Å². The Kier molecular flexibility index (Phi) is 16.3. The van der Waals surface area contributed by atoms with Crippen LogP contribution >= 0.6 is 0 Å². The normalized spacial score (nSPS) is 26.9. The molecule has 4 aliphatic heterocycles. The number of benzene rings is 3. The molecule has 1 unspecified atom stereocenters. The molecule has 3 aromatic carbocycles. The standard InChI is InChI=1S/C46H53NO18/c1-26(48)47-38-36(59-28(3)50)21-46(45(47)54,64-41(38)39(60-29(4)51)35(53)24-57-27(2)49)65-42-40(61-30(5)52)37(25-56-22-31-13-9-7-10-14-31)63-44(62-34-19-17-33(55-6)18-20-34)43(42)58-23-32-15-11-8-12-16-32/h7-20,35-44,53H,21-25H2,1-6H3/t35-,36+,37-,38-,39-,40+,41-,42+,43?,44-,46+/m1/s1. The molecule has 4 heterocycles. The lowest BCUT2D eigenvalue weighted by molar-refractivity contribution is -0.382. The Hall–Kier alpha value is -5.96. The van der Waals surface area contributed by atoms with Gasteiger partial charge < -0.3 is 57.2 Å². The van der Waals surface area contributed by atoms with Crippen molar-refractivity contribution in [2.75, 3.05) is 20.3 Å². The molecule has 2 bridgehead atoms. The van der Waals surface area contributed by atoms with Crippen LogP contribution in [-0.2, 0) is 84.6 Å². The molecule has 0 spiro atoms. The number of hydrogen-bond acceptors (Lipinski definition) is 18. The smallest absolute Gasteiger partial charge is 0.303 e. The van der Waals surface area contributed by atoms with E-state index >= 15 is 0 Å². The van der Waals surface area contributed by atoms with Crippen LogP contribution in [0.4, 0.5) is 0 Å². The van der Waals surface area contributed by atoms with Crippen molar-refractivity contribution in [1.29, 1.82) is 0 Å². The summed E-state index contributed by atoms with van der Waals surface area (Å²) in [4.78, 5) is 79.5. The number of piperidine rings is 1. The average Bonchev–Trinajstić information content (AvgIpc) is 3.26. The van der Waals surface area contributed by atoms with Gasteiger partial charge in [0.2, 0.25) is 12.2 Å². The van der Waals surface area contributed by atoms with Crippen molar-refractivity contribution < 1.29 is 86.0 Å². The summed E-state index contributed by atoms with van der Waals surface area (Å²) in [5, 5.41) is 11.4. The first-order valence-electron chi connectivity index (χ1n) is 20.9. The number of rotatable bonds is 19. The fraction of sp³-hybridized carbons (Fsp3) is 0.478. The maximum atomic E-state index is 14.9. The lowest BCUT2D eigenvalue weighted by Gasteiger charge is -2.58. The molecular formula is C46H53NO18. The van der Waals surface area contributed by atoms with Crippen LogP contribution in [0.5, 0.6) is 11.5 Å². The van der Waals surface area contributed by atoms with E-state index < -0.39 is 116 Å². The van der Waals surface area contributed by atoms with Crippen molar-refractivity contribution in [1.82, 2.24) is 4.90 Å². The monoisotopic (exact) mass is 907 g/mol. The molecule has 1 N–H and O–H groups in total. The minimum atomic E-state index is -2.64. The molecule has 4 aliphatic rings. The van der Waals surface area contributed by atoms with Crippen molar-refractivity contribution in [3.8, 4) is 11.5 Å². The van der Waals surface area contributed by atoms with E-state index in [2.05, 4.69) is 0 Å². The zero-order chi connectivity index (χ0) is 46.8. The number of carbonyl (C=O) groups is 6. The molecule has 0 aromatic heterocycles. The van der Waals surface area contributed by atoms with Crippen LogP contribution in [0.25, 0.3) is 0 Å². The number of aliphatic hydroxyl groups excluding tert-OH is 1. The van der Waals surface area contributed by atoms with Crippen LogP contribution in [0, 0.1) is 0 Å². The topological polar surface area (TPSA) is 227 Å². The molecule has 19 heteroatoms. The second-order valence-corrected chi connectivity index (χ2v) is 15.6. The van der Waals surface area contributed by atoms with Gasteiger partial charge in [0.05, 0.1) is 33.4 Å². The van der Waals surface area contributed by atoms with Gasteiger partial charge in [-0.05, 0) is 35.4 Å². The zero-order valence-corrected chi connectivity index (χ0v) is 36.7. The van der Waals surface area contributed by atoms with E-state index in [1.807, 2.05) is 36.4 Å².